The number of nitrogens with one attached hydrogen (secondary N) is 2. The molecule has 3 rings (SSSR count). The Morgan fingerprint density at radius 1 is 1.13 bits per heavy atom. The number of ether oxygens (including phenoxy) is 1. The van der Waals surface area contributed by atoms with Crippen LogP contribution in [0.3, 0.4) is 0 Å². The molecule has 2 aliphatic heterocycles. The van der Waals surface area contributed by atoms with Crippen molar-refractivity contribution in [3.05, 3.63) is 24.3 Å². The molecule has 1 unspecified atom stereocenters. The molecule has 10 heteroatoms. The van der Waals surface area contributed by atoms with Gasteiger partial charge in [0.25, 0.3) is 0 Å². The Hall–Kier alpha value is -2.69. The number of hydrogen-bond acceptors (Lipinski definition) is 7. The number of piperazine rings is 2. The summed E-state index contributed by atoms with van der Waals surface area (Å²) in [7, 11) is 1.57. The summed E-state index contributed by atoms with van der Waals surface area (Å²) in [6.07, 6.45) is -0.103. The standard InChI is InChI=1S/C21H31N5O5/c1-31-17-4-2-16(3-5-17)23-19(28)14-18-21(30)22-6-7-26(18)20(29)15-25-10-8-24(9-11-25)12-13-27/h2-5,18,27H,6-15H2,1H3,(H,22,30)(H,23,28). The van der Waals surface area contributed by atoms with Crippen molar-refractivity contribution in [3.8, 4) is 5.75 Å². The molecule has 2 heterocycles. The number of carbonyl (C=O) groups excluding carboxylic acids is 3. The topological polar surface area (TPSA) is 114 Å². The minimum absolute atomic E-state index is 0.103. The van der Waals surface area contributed by atoms with Crippen LogP contribution in [0.25, 0.3) is 0 Å². The van der Waals surface area contributed by atoms with Gasteiger partial charge in [0, 0.05) is 51.5 Å². The molecule has 2 fully saturated rings. The molecule has 0 radical (unpaired) electrons. The molecule has 0 aliphatic carbocycles. The van der Waals surface area contributed by atoms with Gasteiger partial charge in [-0.15, -0.1) is 0 Å². The van der Waals surface area contributed by atoms with E-state index >= 15 is 0 Å². The first-order valence-electron chi connectivity index (χ1n) is 10.6. The number of anilines is 1. The van der Waals surface area contributed by atoms with Gasteiger partial charge >= 0.3 is 0 Å². The van der Waals surface area contributed by atoms with Gasteiger partial charge in [-0.05, 0) is 24.3 Å². The van der Waals surface area contributed by atoms with E-state index in [0.717, 1.165) is 26.2 Å². The summed E-state index contributed by atoms with van der Waals surface area (Å²) in [5.74, 6) is -0.105. The highest BCUT2D eigenvalue weighted by Crippen LogP contribution is 2.17. The molecular weight excluding hydrogens is 402 g/mol. The third-order valence-electron chi connectivity index (χ3n) is 5.64. The van der Waals surface area contributed by atoms with E-state index in [2.05, 4.69) is 20.4 Å². The first-order valence-corrected chi connectivity index (χ1v) is 10.6. The van der Waals surface area contributed by atoms with Crippen LogP contribution in [-0.4, -0.2) is 110 Å². The Kier molecular flexibility index (Phi) is 8.21. The summed E-state index contributed by atoms with van der Waals surface area (Å²) in [4.78, 5) is 43.7. The fourth-order valence-electron chi connectivity index (χ4n) is 3.87. The number of nitrogens with zero attached hydrogens (tertiary/aromatic N) is 3. The van der Waals surface area contributed by atoms with Crippen molar-refractivity contribution in [2.45, 2.75) is 12.5 Å². The van der Waals surface area contributed by atoms with Crippen LogP contribution in [0.2, 0.25) is 0 Å². The summed E-state index contributed by atoms with van der Waals surface area (Å²) in [5.41, 5.74) is 0.598. The van der Waals surface area contributed by atoms with E-state index in [9.17, 15) is 14.4 Å². The molecule has 3 amide bonds. The molecule has 1 aromatic carbocycles. The van der Waals surface area contributed by atoms with Gasteiger partial charge in [0.15, 0.2) is 0 Å². The summed E-state index contributed by atoms with van der Waals surface area (Å²) in [5, 5.41) is 14.6. The Morgan fingerprint density at radius 2 is 1.81 bits per heavy atom. The zero-order valence-corrected chi connectivity index (χ0v) is 17.9. The summed E-state index contributed by atoms with van der Waals surface area (Å²) in [6.45, 7) is 4.80. The van der Waals surface area contributed by atoms with E-state index in [4.69, 9.17) is 9.84 Å². The fraction of sp³-hybridized carbons (Fsp3) is 0.571. The number of carbonyl (C=O) groups is 3. The maximum Gasteiger partial charge on any atom is 0.243 e. The van der Waals surface area contributed by atoms with E-state index < -0.39 is 6.04 Å². The molecule has 0 saturated carbocycles. The van der Waals surface area contributed by atoms with Crippen LogP contribution in [0.1, 0.15) is 6.42 Å². The van der Waals surface area contributed by atoms with E-state index in [-0.39, 0.29) is 37.3 Å². The largest absolute Gasteiger partial charge is 0.497 e. The monoisotopic (exact) mass is 433 g/mol. The zero-order chi connectivity index (χ0) is 22.2. The fourth-order valence-corrected chi connectivity index (χ4v) is 3.87. The average Bonchev–Trinajstić information content (AvgIpc) is 2.77. The van der Waals surface area contributed by atoms with Crippen LogP contribution < -0.4 is 15.4 Å². The normalized spacial score (nSPS) is 20.3. The van der Waals surface area contributed by atoms with Crippen LogP contribution in [0.5, 0.6) is 5.75 Å². The lowest BCUT2D eigenvalue weighted by Crippen LogP contribution is -2.60. The molecule has 2 aliphatic rings. The maximum atomic E-state index is 12.9. The van der Waals surface area contributed by atoms with Gasteiger partial charge in [0.2, 0.25) is 17.7 Å². The van der Waals surface area contributed by atoms with Crippen LogP contribution >= 0.6 is 0 Å². The van der Waals surface area contributed by atoms with Crippen LogP contribution in [-0.2, 0) is 14.4 Å². The van der Waals surface area contributed by atoms with Crippen molar-refractivity contribution < 1.29 is 24.2 Å². The molecule has 31 heavy (non-hydrogen) atoms. The minimum Gasteiger partial charge on any atom is -0.497 e. The molecule has 0 bridgehead atoms. The van der Waals surface area contributed by atoms with Gasteiger partial charge < -0.3 is 25.4 Å². The first-order chi connectivity index (χ1) is 15.0. The highest BCUT2D eigenvalue weighted by molar-refractivity contribution is 5.97. The number of benzene rings is 1. The first kappa shape index (κ1) is 23.0. The number of aliphatic hydroxyl groups is 1. The van der Waals surface area contributed by atoms with E-state index in [1.165, 1.54) is 4.90 Å². The minimum atomic E-state index is -0.824. The molecule has 1 aromatic rings. The number of β-amino-alcohol motifs (C(OH)–C–C–N with tert-alkyl or cyclic N) is 1. The molecule has 2 saturated heterocycles. The quantitative estimate of drug-likeness (QED) is 0.480. The number of aliphatic hydroxyl groups excluding tert-OH is 1. The molecule has 170 valence electrons. The summed E-state index contributed by atoms with van der Waals surface area (Å²) < 4.78 is 5.10. The lowest BCUT2D eigenvalue weighted by atomic mass is 10.1. The van der Waals surface area contributed by atoms with Crippen molar-refractivity contribution >= 4 is 23.4 Å². The van der Waals surface area contributed by atoms with Crippen molar-refractivity contribution in [1.29, 1.82) is 0 Å². The smallest absolute Gasteiger partial charge is 0.243 e. The summed E-state index contributed by atoms with van der Waals surface area (Å²) >= 11 is 0. The summed E-state index contributed by atoms with van der Waals surface area (Å²) in [6, 6.07) is 6.09. The van der Waals surface area contributed by atoms with Gasteiger partial charge in [0.1, 0.15) is 11.8 Å². The number of amides is 3. The number of methoxy groups -OCH3 is 1. The van der Waals surface area contributed by atoms with E-state index in [1.807, 2.05) is 0 Å². The van der Waals surface area contributed by atoms with Gasteiger partial charge in [-0.3, -0.25) is 24.2 Å². The maximum absolute atomic E-state index is 12.9. The zero-order valence-electron chi connectivity index (χ0n) is 17.9. The second kappa shape index (κ2) is 11.1. The van der Waals surface area contributed by atoms with E-state index in [1.54, 1.807) is 31.4 Å². The average molecular weight is 434 g/mol. The van der Waals surface area contributed by atoms with Crippen molar-refractivity contribution in [2.75, 3.05) is 71.4 Å². The molecule has 1 atom stereocenters. The van der Waals surface area contributed by atoms with Gasteiger partial charge in [0.05, 0.1) is 26.7 Å². The SMILES string of the molecule is COc1ccc(NC(=O)CC2C(=O)NCCN2C(=O)CN2CCN(CCO)CC2)cc1. The van der Waals surface area contributed by atoms with Gasteiger partial charge in [-0.25, -0.2) is 0 Å². The Bertz CT molecular complexity index is 764. The predicted molar refractivity (Wildman–Crippen MR) is 115 cm³/mol. The highest BCUT2D eigenvalue weighted by atomic mass is 16.5. The molecule has 3 N–H and O–H groups in total. The van der Waals surface area contributed by atoms with Crippen molar-refractivity contribution in [1.82, 2.24) is 20.0 Å². The van der Waals surface area contributed by atoms with Crippen molar-refractivity contribution in [2.24, 2.45) is 0 Å². The second-order valence-electron chi connectivity index (χ2n) is 7.72. The van der Waals surface area contributed by atoms with Gasteiger partial charge in [-0.1, -0.05) is 0 Å². The van der Waals surface area contributed by atoms with E-state index in [0.29, 0.717) is 31.1 Å². The second-order valence-corrected chi connectivity index (χ2v) is 7.72. The Morgan fingerprint density at radius 3 is 2.45 bits per heavy atom. The third kappa shape index (κ3) is 6.39. The molecular formula is C21H31N5O5. The lowest BCUT2D eigenvalue weighted by Gasteiger charge is -2.38. The van der Waals surface area contributed by atoms with Crippen LogP contribution in [0, 0.1) is 0 Å². The third-order valence-corrected chi connectivity index (χ3v) is 5.64. The number of hydrogen-bond donors (Lipinski definition) is 3. The van der Waals surface area contributed by atoms with Crippen LogP contribution in [0.15, 0.2) is 24.3 Å². The highest BCUT2D eigenvalue weighted by Gasteiger charge is 2.35. The molecule has 10 nitrogen and oxygen atoms in total. The number of rotatable bonds is 8. The van der Waals surface area contributed by atoms with Crippen LogP contribution in [0.4, 0.5) is 5.69 Å². The van der Waals surface area contributed by atoms with Gasteiger partial charge in [-0.2, -0.15) is 0 Å². The molecule has 0 aromatic heterocycles. The molecule has 0 spiro atoms. The Balaban J connectivity index is 1.55. The van der Waals surface area contributed by atoms with Crippen molar-refractivity contribution in [3.63, 3.8) is 0 Å². The lowest BCUT2D eigenvalue weighted by molar-refractivity contribution is -0.145. The Labute approximate surface area is 182 Å². The predicted octanol–water partition coefficient (Wildman–Crippen LogP) is -1.04.